The standard InChI is InChI=1S/2C24H22F3N3O3/c2*1-14-7-17(9-19(8-14)24(25,26)27)21-15(2)13-30(23(32)33-21)22(31)29-12-18-11-28-10-16-5-3-4-6-20(16)18/h2*3-11,15,21H,12-13H2,1-2H3,(H,29,31)/t15-,21+;15-,21-/m01/s1. The van der Waals surface area contributed by atoms with E-state index in [4.69, 9.17) is 9.47 Å². The number of amides is 6. The number of carbonyl (C=O) groups excluding carboxylic acids is 4. The van der Waals surface area contributed by atoms with Gasteiger partial charge in [-0.2, -0.15) is 26.3 Å². The number of nitrogens with one attached hydrogen (secondary N) is 2. The molecule has 0 saturated carbocycles. The van der Waals surface area contributed by atoms with Crippen LogP contribution in [-0.2, 0) is 34.9 Å². The lowest BCUT2D eigenvalue weighted by Gasteiger charge is -2.35. The first kappa shape index (κ1) is 46.7. The van der Waals surface area contributed by atoms with Crippen LogP contribution in [-0.4, -0.2) is 57.1 Å². The Balaban J connectivity index is 0.000000196. The first-order chi connectivity index (χ1) is 31.3. The summed E-state index contributed by atoms with van der Waals surface area (Å²) in [6.07, 6.45) is -5.86. The molecule has 2 aromatic heterocycles. The fourth-order valence-corrected chi connectivity index (χ4v) is 8.07. The molecule has 2 aliphatic heterocycles. The van der Waals surface area contributed by atoms with Crippen molar-refractivity contribution in [3.05, 3.63) is 154 Å². The SMILES string of the molecule is Cc1cc([C@@H]2OC(=O)N(C(=O)NCc3cncc4ccccc34)C[C@@H]2C)cc(C(F)(F)F)c1.Cc1cc([C@@H]2OC(=O)N(C(=O)NCc3cncc4ccccc34)C[C@H]2C)cc(C(F)(F)F)c1. The summed E-state index contributed by atoms with van der Waals surface area (Å²) >= 11 is 0. The fourth-order valence-electron chi connectivity index (χ4n) is 8.07. The van der Waals surface area contributed by atoms with Gasteiger partial charge in [0.25, 0.3) is 0 Å². The number of fused-ring (bicyclic) bond motifs is 2. The maximum Gasteiger partial charge on any atom is 0.418 e. The van der Waals surface area contributed by atoms with Crippen molar-refractivity contribution in [3.63, 3.8) is 0 Å². The van der Waals surface area contributed by atoms with Gasteiger partial charge in [0.15, 0.2) is 0 Å². The molecular weight excluding hydrogens is 871 g/mol. The van der Waals surface area contributed by atoms with Crippen molar-refractivity contribution in [1.82, 2.24) is 30.4 Å². The number of alkyl halides is 6. The van der Waals surface area contributed by atoms with Gasteiger partial charge in [-0.1, -0.05) is 85.6 Å². The minimum absolute atomic E-state index is 0.0123. The van der Waals surface area contributed by atoms with E-state index < -0.39 is 71.8 Å². The van der Waals surface area contributed by atoms with E-state index in [1.807, 2.05) is 48.5 Å². The molecule has 0 spiro atoms. The zero-order valence-corrected chi connectivity index (χ0v) is 36.0. The van der Waals surface area contributed by atoms with E-state index in [0.29, 0.717) is 11.1 Å². The normalized spacial score (nSPS) is 18.8. The van der Waals surface area contributed by atoms with Gasteiger partial charge in [0, 0.05) is 73.6 Å². The highest BCUT2D eigenvalue weighted by atomic mass is 19.4. The Morgan fingerprint density at radius 2 is 0.985 bits per heavy atom. The number of ether oxygens (including phenoxy) is 2. The number of hydrogen-bond acceptors (Lipinski definition) is 8. The van der Waals surface area contributed by atoms with Crippen molar-refractivity contribution in [1.29, 1.82) is 0 Å². The van der Waals surface area contributed by atoms with E-state index in [9.17, 15) is 45.5 Å². The summed E-state index contributed by atoms with van der Waals surface area (Å²) in [6.45, 7) is 6.88. The van der Waals surface area contributed by atoms with Gasteiger partial charge < -0.3 is 20.1 Å². The van der Waals surface area contributed by atoms with Gasteiger partial charge in [-0.05, 0) is 71.1 Å². The first-order valence-corrected chi connectivity index (χ1v) is 20.8. The van der Waals surface area contributed by atoms with Crippen molar-refractivity contribution in [2.75, 3.05) is 13.1 Å². The number of nitrogens with zero attached hydrogens (tertiary/aromatic N) is 4. The molecular formula is C48H44F6N6O6. The summed E-state index contributed by atoms with van der Waals surface area (Å²) < 4.78 is 90.1. The van der Waals surface area contributed by atoms with E-state index >= 15 is 0 Å². The quantitative estimate of drug-likeness (QED) is 0.157. The van der Waals surface area contributed by atoms with Crippen LogP contribution in [0.3, 0.4) is 0 Å². The molecule has 6 aromatic rings. The lowest BCUT2D eigenvalue weighted by atomic mass is 9.93. The summed E-state index contributed by atoms with van der Waals surface area (Å²) in [5, 5.41) is 9.12. The Bertz CT molecular complexity index is 2600. The van der Waals surface area contributed by atoms with E-state index in [-0.39, 0.29) is 37.3 Å². The third-order valence-electron chi connectivity index (χ3n) is 11.2. The van der Waals surface area contributed by atoms with Crippen molar-refractivity contribution in [2.24, 2.45) is 11.8 Å². The van der Waals surface area contributed by atoms with E-state index in [1.54, 1.807) is 64.6 Å². The molecule has 12 nitrogen and oxygen atoms in total. The second-order valence-corrected chi connectivity index (χ2v) is 16.4. The number of rotatable bonds is 6. The highest BCUT2D eigenvalue weighted by molar-refractivity contribution is 5.93. The smallest absolute Gasteiger partial charge is 0.418 e. The number of aryl methyl sites for hydroxylation is 2. The van der Waals surface area contributed by atoms with E-state index in [1.165, 1.54) is 0 Å². The molecule has 2 fully saturated rings. The molecule has 8 rings (SSSR count). The van der Waals surface area contributed by atoms with Crippen LogP contribution in [0, 0.1) is 25.7 Å². The van der Waals surface area contributed by atoms with E-state index in [2.05, 4.69) is 20.6 Å². The summed E-state index contributed by atoms with van der Waals surface area (Å²) in [4.78, 5) is 60.7. The van der Waals surface area contributed by atoms with Crippen LogP contribution in [0.1, 0.15) is 70.6 Å². The molecule has 2 saturated heterocycles. The van der Waals surface area contributed by atoms with Crippen LogP contribution in [0.2, 0.25) is 0 Å². The molecule has 4 atom stereocenters. The molecule has 4 aromatic carbocycles. The van der Waals surface area contributed by atoms with Gasteiger partial charge in [-0.3, -0.25) is 9.97 Å². The molecule has 344 valence electrons. The van der Waals surface area contributed by atoms with Crippen LogP contribution in [0.15, 0.2) is 110 Å². The molecule has 6 amide bonds. The summed E-state index contributed by atoms with van der Waals surface area (Å²) in [7, 11) is 0. The Kier molecular flexibility index (Phi) is 13.5. The predicted octanol–water partition coefficient (Wildman–Crippen LogP) is 11.2. The number of pyridine rings is 2. The topological polar surface area (TPSA) is 143 Å². The molecule has 0 unspecified atom stereocenters. The summed E-state index contributed by atoms with van der Waals surface area (Å²) in [5.41, 5.74) is 1.30. The molecule has 66 heavy (non-hydrogen) atoms. The fraction of sp³-hybridized carbons (Fsp3) is 0.292. The highest BCUT2D eigenvalue weighted by Crippen LogP contribution is 2.38. The van der Waals surface area contributed by atoms with Crippen molar-refractivity contribution >= 4 is 45.8 Å². The minimum Gasteiger partial charge on any atom is -0.441 e. The van der Waals surface area contributed by atoms with Gasteiger partial charge in [-0.15, -0.1) is 0 Å². The Labute approximate surface area is 374 Å². The molecule has 2 aliphatic rings. The number of hydrogen-bond donors (Lipinski definition) is 2. The molecule has 0 bridgehead atoms. The number of cyclic esters (lactones) is 2. The van der Waals surface area contributed by atoms with Crippen molar-refractivity contribution in [2.45, 2.75) is 65.3 Å². The van der Waals surface area contributed by atoms with Gasteiger partial charge in [0.1, 0.15) is 12.2 Å². The number of urea groups is 2. The molecule has 4 heterocycles. The zero-order chi connectivity index (χ0) is 47.5. The largest absolute Gasteiger partial charge is 0.441 e. The molecule has 2 N–H and O–H groups in total. The maximum atomic E-state index is 13.2. The molecule has 0 aliphatic carbocycles. The van der Waals surface area contributed by atoms with Crippen molar-refractivity contribution < 1.29 is 55.0 Å². The molecule has 0 radical (unpaired) electrons. The van der Waals surface area contributed by atoms with Crippen LogP contribution in [0.4, 0.5) is 45.5 Å². The maximum absolute atomic E-state index is 13.2. The average molecular weight is 915 g/mol. The van der Waals surface area contributed by atoms with Gasteiger partial charge in [0.2, 0.25) is 0 Å². The van der Waals surface area contributed by atoms with E-state index in [0.717, 1.165) is 66.7 Å². The second kappa shape index (κ2) is 19.1. The second-order valence-electron chi connectivity index (χ2n) is 16.4. The number of benzene rings is 4. The highest BCUT2D eigenvalue weighted by Gasteiger charge is 2.41. The van der Waals surface area contributed by atoms with Gasteiger partial charge in [-0.25, -0.2) is 29.0 Å². The monoisotopic (exact) mass is 914 g/mol. The average Bonchev–Trinajstić information content (AvgIpc) is 3.27. The Hall–Kier alpha value is -7.24. The van der Waals surface area contributed by atoms with Gasteiger partial charge >= 0.3 is 36.6 Å². The van der Waals surface area contributed by atoms with Crippen LogP contribution >= 0.6 is 0 Å². The minimum atomic E-state index is -4.51. The lowest BCUT2D eigenvalue weighted by molar-refractivity contribution is -0.138. The van der Waals surface area contributed by atoms with Gasteiger partial charge in [0.05, 0.1) is 11.1 Å². The number of aromatic nitrogens is 2. The van der Waals surface area contributed by atoms with Crippen LogP contribution in [0.5, 0.6) is 0 Å². The number of halogens is 6. The third kappa shape index (κ3) is 10.6. The Morgan fingerprint density at radius 3 is 1.36 bits per heavy atom. The number of imide groups is 2. The van der Waals surface area contributed by atoms with Crippen LogP contribution < -0.4 is 10.6 Å². The zero-order valence-electron chi connectivity index (χ0n) is 36.0. The lowest BCUT2D eigenvalue weighted by Crippen LogP contribution is -2.50. The molecule has 18 heteroatoms. The number of carbonyl (C=O) groups is 4. The Morgan fingerprint density at radius 1 is 0.606 bits per heavy atom. The van der Waals surface area contributed by atoms with Crippen LogP contribution in [0.25, 0.3) is 21.5 Å². The predicted molar refractivity (Wildman–Crippen MR) is 231 cm³/mol. The third-order valence-corrected chi connectivity index (χ3v) is 11.2. The summed E-state index contributed by atoms with van der Waals surface area (Å²) in [5.74, 6) is -0.814. The summed E-state index contributed by atoms with van der Waals surface area (Å²) in [6, 6.07) is 21.1. The first-order valence-electron chi connectivity index (χ1n) is 20.8. The van der Waals surface area contributed by atoms with Crippen molar-refractivity contribution in [3.8, 4) is 0 Å².